The molecule has 0 aromatic heterocycles. The third-order valence-corrected chi connectivity index (χ3v) is 3.58. The summed E-state index contributed by atoms with van der Waals surface area (Å²) in [5.41, 5.74) is 5.45. The number of benzene rings is 1. The highest BCUT2D eigenvalue weighted by atomic mass is 79.9. The molecule has 2 N–H and O–H groups in total. The average molecular weight is 413 g/mol. The highest BCUT2D eigenvalue weighted by Crippen LogP contribution is 2.28. The van der Waals surface area contributed by atoms with E-state index in [2.05, 4.69) is 45.4 Å². The van der Waals surface area contributed by atoms with Gasteiger partial charge in [0.1, 0.15) is 5.75 Å². The number of rotatable bonds is 7. The molecule has 2 amide bonds. The zero-order valence-corrected chi connectivity index (χ0v) is 15.9. The number of hydrazine groups is 1. The van der Waals surface area contributed by atoms with Crippen LogP contribution in [0.4, 0.5) is 0 Å². The third-order valence-electron chi connectivity index (χ3n) is 2.96. The monoisotopic (exact) mass is 412 g/mol. The Bertz CT molecular complexity index is 658. The lowest BCUT2D eigenvalue weighted by molar-refractivity contribution is -0.137. The molecule has 1 aromatic rings. The lowest BCUT2D eigenvalue weighted by Crippen LogP contribution is -2.43. The first-order valence-corrected chi connectivity index (χ1v) is 8.48. The first-order valence-electron chi connectivity index (χ1n) is 7.69. The van der Waals surface area contributed by atoms with Gasteiger partial charge in [-0.1, -0.05) is 19.9 Å². The van der Waals surface area contributed by atoms with E-state index >= 15 is 0 Å². The molecule has 0 aliphatic heterocycles. The topological polar surface area (TPSA) is 93.7 Å². The SMILES string of the molecule is CCOC(=O)/C=C/C(=O)NNC(=O)COc1ccc(C(C)C)cc1Br. The van der Waals surface area contributed by atoms with E-state index in [1.165, 1.54) is 0 Å². The van der Waals surface area contributed by atoms with Crippen molar-refractivity contribution in [2.24, 2.45) is 0 Å². The van der Waals surface area contributed by atoms with E-state index in [9.17, 15) is 14.4 Å². The van der Waals surface area contributed by atoms with Crippen LogP contribution in [-0.4, -0.2) is 31.0 Å². The van der Waals surface area contributed by atoms with Gasteiger partial charge in [-0.15, -0.1) is 0 Å². The molecule has 1 rings (SSSR count). The minimum absolute atomic E-state index is 0.215. The van der Waals surface area contributed by atoms with Gasteiger partial charge in [-0.2, -0.15) is 0 Å². The van der Waals surface area contributed by atoms with Gasteiger partial charge < -0.3 is 9.47 Å². The Morgan fingerprint density at radius 3 is 2.52 bits per heavy atom. The van der Waals surface area contributed by atoms with Gasteiger partial charge in [0.25, 0.3) is 11.8 Å². The van der Waals surface area contributed by atoms with Crippen LogP contribution in [0.25, 0.3) is 0 Å². The van der Waals surface area contributed by atoms with Gasteiger partial charge in [0.15, 0.2) is 6.61 Å². The summed E-state index contributed by atoms with van der Waals surface area (Å²) >= 11 is 3.40. The van der Waals surface area contributed by atoms with Crippen LogP contribution in [0.15, 0.2) is 34.8 Å². The van der Waals surface area contributed by atoms with Crippen LogP contribution in [0.3, 0.4) is 0 Å². The summed E-state index contributed by atoms with van der Waals surface area (Å²) in [5, 5.41) is 0. The molecule has 1 aromatic carbocycles. The summed E-state index contributed by atoms with van der Waals surface area (Å²) in [4.78, 5) is 34.1. The fourth-order valence-electron chi connectivity index (χ4n) is 1.68. The van der Waals surface area contributed by atoms with E-state index in [4.69, 9.17) is 4.74 Å². The maximum Gasteiger partial charge on any atom is 0.330 e. The van der Waals surface area contributed by atoms with Crippen molar-refractivity contribution in [2.45, 2.75) is 26.7 Å². The number of nitrogens with one attached hydrogen (secondary N) is 2. The molecule has 0 radical (unpaired) electrons. The number of halogens is 1. The fourth-order valence-corrected chi connectivity index (χ4v) is 2.19. The largest absolute Gasteiger partial charge is 0.483 e. The second-order valence-corrected chi connectivity index (χ2v) is 6.11. The molecule has 0 heterocycles. The summed E-state index contributed by atoms with van der Waals surface area (Å²) in [7, 11) is 0. The van der Waals surface area contributed by atoms with Gasteiger partial charge >= 0.3 is 5.97 Å². The van der Waals surface area contributed by atoms with E-state index in [0.29, 0.717) is 11.7 Å². The van der Waals surface area contributed by atoms with Crippen molar-refractivity contribution in [3.63, 3.8) is 0 Å². The van der Waals surface area contributed by atoms with Gasteiger partial charge in [0.05, 0.1) is 11.1 Å². The van der Waals surface area contributed by atoms with Crippen molar-refractivity contribution in [3.8, 4) is 5.75 Å². The molecule has 0 unspecified atom stereocenters. The van der Waals surface area contributed by atoms with Crippen molar-refractivity contribution in [1.29, 1.82) is 0 Å². The number of hydrogen-bond acceptors (Lipinski definition) is 5. The maximum absolute atomic E-state index is 11.7. The molecule has 0 aliphatic rings. The minimum atomic E-state index is -0.663. The Morgan fingerprint density at radius 2 is 1.92 bits per heavy atom. The molecule has 0 bridgehead atoms. The normalized spacial score (nSPS) is 10.6. The van der Waals surface area contributed by atoms with E-state index < -0.39 is 17.8 Å². The zero-order chi connectivity index (χ0) is 18.8. The predicted molar refractivity (Wildman–Crippen MR) is 95.8 cm³/mol. The Kier molecular flexibility index (Phi) is 8.69. The summed E-state index contributed by atoms with van der Waals surface area (Å²) in [6, 6.07) is 5.62. The zero-order valence-electron chi connectivity index (χ0n) is 14.3. The van der Waals surface area contributed by atoms with Crippen LogP contribution < -0.4 is 15.6 Å². The van der Waals surface area contributed by atoms with Crippen LogP contribution in [-0.2, 0) is 19.1 Å². The second kappa shape index (κ2) is 10.5. The van der Waals surface area contributed by atoms with Crippen LogP contribution in [0.1, 0.15) is 32.3 Å². The Morgan fingerprint density at radius 1 is 1.20 bits per heavy atom. The van der Waals surface area contributed by atoms with E-state index in [1.54, 1.807) is 13.0 Å². The molecular weight excluding hydrogens is 392 g/mol. The van der Waals surface area contributed by atoms with Crippen molar-refractivity contribution >= 4 is 33.7 Å². The second-order valence-electron chi connectivity index (χ2n) is 5.26. The number of esters is 1. The number of hydrogen-bond donors (Lipinski definition) is 2. The summed E-state index contributed by atoms with van der Waals surface area (Å²) in [6.07, 6.45) is 1.93. The highest BCUT2D eigenvalue weighted by molar-refractivity contribution is 9.10. The minimum Gasteiger partial charge on any atom is -0.483 e. The molecule has 0 fully saturated rings. The molecule has 8 heteroatoms. The van der Waals surface area contributed by atoms with Gasteiger partial charge in [0.2, 0.25) is 0 Å². The van der Waals surface area contributed by atoms with Crippen LogP contribution in [0, 0.1) is 0 Å². The van der Waals surface area contributed by atoms with E-state index in [1.807, 2.05) is 12.1 Å². The van der Waals surface area contributed by atoms with Crippen molar-refractivity contribution in [2.75, 3.05) is 13.2 Å². The summed E-state index contributed by atoms with van der Waals surface area (Å²) < 4.78 is 10.8. The van der Waals surface area contributed by atoms with Crippen molar-refractivity contribution in [3.05, 3.63) is 40.4 Å². The number of ether oxygens (including phenoxy) is 2. The molecule has 0 atom stereocenters. The molecule has 136 valence electrons. The standard InChI is InChI=1S/C17H21BrN2O5/c1-4-24-17(23)8-7-15(21)19-20-16(22)10-25-14-6-5-12(11(2)3)9-13(14)18/h5-9,11H,4,10H2,1-3H3,(H,19,21)(H,20,22)/b8-7+. The smallest absolute Gasteiger partial charge is 0.330 e. The summed E-state index contributed by atoms with van der Waals surface area (Å²) in [5.74, 6) is -0.941. The maximum atomic E-state index is 11.7. The van der Waals surface area contributed by atoms with Gasteiger partial charge in [0, 0.05) is 12.2 Å². The van der Waals surface area contributed by atoms with Gasteiger partial charge in [-0.25, -0.2) is 4.79 Å². The Labute approximate surface area is 154 Å². The third kappa shape index (κ3) is 7.84. The predicted octanol–water partition coefficient (Wildman–Crippen LogP) is 2.22. The van der Waals surface area contributed by atoms with Crippen LogP contribution in [0.2, 0.25) is 0 Å². The van der Waals surface area contributed by atoms with Crippen molar-refractivity contribution in [1.82, 2.24) is 10.9 Å². The number of carbonyl (C=O) groups excluding carboxylic acids is 3. The van der Waals surface area contributed by atoms with E-state index in [0.717, 1.165) is 22.2 Å². The Hall–Kier alpha value is -2.35. The fraction of sp³-hybridized carbons (Fsp3) is 0.353. The lowest BCUT2D eigenvalue weighted by atomic mass is 10.0. The van der Waals surface area contributed by atoms with E-state index in [-0.39, 0.29) is 13.2 Å². The number of amides is 2. The Balaban J connectivity index is 2.40. The molecule has 0 saturated heterocycles. The molecule has 0 spiro atoms. The quantitative estimate of drug-likeness (QED) is 0.406. The summed E-state index contributed by atoms with van der Waals surface area (Å²) in [6.45, 7) is 5.75. The first-order chi connectivity index (χ1) is 11.8. The molecular formula is C17H21BrN2O5. The average Bonchev–Trinajstić information content (AvgIpc) is 2.57. The lowest BCUT2D eigenvalue weighted by Gasteiger charge is -2.11. The molecule has 0 saturated carbocycles. The van der Waals surface area contributed by atoms with Gasteiger partial charge in [-0.05, 0) is 46.5 Å². The molecule has 0 aliphatic carbocycles. The molecule has 7 nitrogen and oxygen atoms in total. The highest BCUT2D eigenvalue weighted by Gasteiger charge is 2.08. The van der Waals surface area contributed by atoms with Crippen molar-refractivity contribution < 1.29 is 23.9 Å². The first kappa shape index (κ1) is 20.7. The van der Waals surface area contributed by atoms with Crippen LogP contribution >= 0.6 is 15.9 Å². The van der Waals surface area contributed by atoms with Crippen LogP contribution in [0.5, 0.6) is 5.75 Å². The number of carbonyl (C=O) groups is 3. The molecule has 25 heavy (non-hydrogen) atoms. The van der Waals surface area contributed by atoms with Gasteiger partial charge in [-0.3, -0.25) is 20.4 Å².